The monoisotopic (exact) mass is 312 g/mol. The Morgan fingerprint density at radius 1 is 1.30 bits per heavy atom. The lowest BCUT2D eigenvalue weighted by atomic mass is 10.00. The molecule has 6 heteroatoms. The van der Waals surface area contributed by atoms with E-state index in [1.54, 1.807) is 13.0 Å². The molecule has 3 rings (SSSR count). The average molecular weight is 312 g/mol. The third-order valence-electron chi connectivity index (χ3n) is 3.92. The van der Waals surface area contributed by atoms with Gasteiger partial charge in [0, 0.05) is 29.2 Å². The summed E-state index contributed by atoms with van der Waals surface area (Å²) in [6.07, 6.45) is 0.689. The SMILES string of the molecule is Cc1cc(C(=O)N[C@@H]2CCOc3ccccc32)ccc1[N+](=O)[O-]. The van der Waals surface area contributed by atoms with E-state index in [0.717, 1.165) is 11.3 Å². The molecule has 1 amide bonds. The zero-order chi connectivity index (χ0) is 16.4. The second-order valence-corrected chi connectivity index (χ2v) is 5.46. The summed E-state index contributed by atoms with van der Waals surface area (Å²) in [6, 6.07) is 11.9. The van der Waals surface area contributed by atoms with E-state index >= 15 is 0 Å². The van der Waals surface area contributed by atoms with Crippen LogP contribution in [0.4, 0.5) is 5.69 Å². The van der Waals surface area contributed by atoms with Crippen LogP contribution in [0.5, 0.6) is 5.75 Å². The van der Waals surface area contributed by atoms with Gasteiger partial charge in [0.25, 0.3) is 11.6 Å². The third kappa shape index (κ3) is 3.01. The standard InChI is InChI=1S/C17H16N2O4/c1-11-10-12(6-7-15(11)19(21)22)17(20)18-14-8-9-23-16-5-3-2-4-13(14)16/h2-7,10,14H,8-9H2,1H3,(H,18,20)/t14-/m1/s1. The Hall–Kier alpha value is -2.89. The number of benzene rings is 2. The van der Waals surface area contributed by atoms with Crippen molar-refractivity contribution < 1.29 is 14.5 Å². The summed E-state index contributed by atoms with van der Waals surface area (Å²) >= 11 is 0. The molecule has 2 aromatic rings. The molecular formula is C17H16N2O4. The van der Waals surface area contributed by atoms with Crippen LogP contribution in [-0.4, -0.2) is 17.4 Å². The topological polar surface area (TPSA) is 81.5 Å². The lowest BCUT2D eigenvalue weighted by molar-refractivity contribution is -0.385. The van der Waals surface area contributed by atoms with Gasteiger partial charge in [-0.25, -0.2) is 0 Å². The minimum absolute atomic E-state index is 0.0120. The quantitative estimate of drug-likeness (QED) is 0.697. The maximum absolute atomic E-state index is 12.4. The number of aryl methyl sites for hydroxylation is 1. The van der Waals surface area contributed by atoms with E-state index in [4.69, 9.17) is 4.74 Å². The van der Waals surface area contributed by atoms with Gasteiger partial charge < -0.3 is 10.1 Å². The Morgan fingerprint density at radius 3 is 2.83 bits per heavy atom. The molecule has 1 aliphatic rings. The van der Waals surface area contributed by atoms with Crippen molar-refractivity contribution in [1.29, 1.82) is 0 Å². The first-order valence-electron chi connectivity index (χ1n) is 7.34. The van der Waals surface area contributed by atoms with E-state index in [9.17, 15) is 14.9 Å². The number of nitrogens with one attached hydrogen (secondary N) is 1. The average Bonchev–Trinajstić information content (AvgIpc) is 2.54. The molecule has 23 heavy (non-hydrogen) atoms. The van der Waals surface area contributed by atoms with Crippen LogP contribution in [0.1, 0.15) is 33.9 Å². The van der Waals surface area contributed by atoms with Crippen LogP contribution >= 0.6 is 0 Å². The van der Waals surface area contributed by atoms with Crippen LogP contribution in [0.25, 0.3) is 0 Å². The molecule has 0 spiro atoms. The first-order chi connectivity index (χ1) is 11.1. The largest absolute Gasteiger partial charge is 0.493 e. The molecule has 1 heterocycles. The summed E-state index contributed by atoms with van der Waals surface area (Å²) in [6.45, 7) is 2.17. The number of nitrogens with zero attached hydrogens (tertiary/aromatic N) is 1. The summed E-state index contributed by atoms with van der Waals surface area (Å²) in [4.78, 5) is 22.8. The smallest absolute Gasteiger partial charge is 0.272 e. The molecule has 0 bridgehead atoms. The second-order valence-electron chi connectivity index (χ2n) is 5.46. The van der Waals surface area contributed by atoms with Gasteiger partial charge in [-0.1, -0.05) is 18.2 Å². The number of fused-ring (bicyclic) bond motifs is 1. The maximum atomic E-state index is 12.4. The van der Waals surface area contributed by atoms with Crippen LogP contribution < -0.4 is 10.1 Å². The highest BCUT2D eigenvalue weighted by Gasteiger charge is 2.23. The van der Waals surface area contributed by atoms with Crippen LogP contribution in [0.15, 0.2) is 42.5 Å². The van der Waals surface area contributed by atoms with Gasteiger partial charge in [-0.2, -0.15) is 0 Å². The molecule has 2 aromatic carbocycles. The Bertz CT molecular complexity index is 773. The molecule has 0 saturated heterocycles. The van der Waals surface area contributed by atoms with Gasteiger partial charge in [0.2, 0.25) is 0 Å². The number of ether oxygens (including phenoxy) is 1. The van der Waals surface area contributed by atoms with E-state index in [-0.39, 0.29) is 17.6 Å². The summed E-state index contributed by atoms with van der Waals surface area (Å²) in [5, 5.41) is 13.8. The Balaban J connectivity index is 1.80. The maximum Gasteiger partial charge on any atom is 0.272 e. The van der Waals surface area contributed by atoms with Gasteiger partial charge in [0.05, 0.1) is 17.6 Å². The number of carbonyl (C=O) groups is 1. The Kier molecular flexibility index (Phi) is 3.97. The second kappa shape index (κ2) is 6.08. The molecule has 1 N–H and O–H groups in total. The van der Waals surface area contributed by atoms with Crippen molar-refractivity contribution in [1.82, 2.24) is 5.32 Å². The van der Waals surface area contributed by atoms with Crippen molar-refractivity contribution >= 4 is 11.6 Å². The zero-order valence-electron chi connectivity index (χ0n) is 12.6. The van der Waals surface area contributed by atoms with Crippen LogP contribution in [-0.2, 0) is 0 Å². The number of nitro groups is 1. The molecule has 0 fully saturated rings. The molecule has 6 nitrogen and oxygen atoms in total. The summed E-state index contributed by atoms with van der Waals surface area (Å²) in [7, 11) is 0. The summed E-state index contributed by atoms with van der Waals surface area (Å²) in [5.74, 6) is 0.536. The molecular weight excluding hydrogens is 296 g/mol. The molecule has 0 radical (unpaired) electrons. The minimum atomic E-state index is -0.453. The van der Waals surface area contributed by atoms with Gasteiger partial charge in [-0.15, -0.1) is 0 Å². The fourth-order valence-corrected chi connectivity index (χ4v) is 2.74. The van der Waals surface area contributed by atoms with Gasteiger partial charge in [0.1, 0.15) is 5.75 Å². The van der Waals surface area contributed by atoms with E-state index in [1.165, 1.54) is 12.1 Å². The highest BCUT2D eigenvalue weighted by molar-refractivity contribution is 5.95. The van der Waals surface area contributed by atoms with Crippen LogP contribution in [0.2, 0.25) is 0 Å². The number of hydrogen-bond acceptors (Lipinski definition) is 4. The van der Waals surface area contributed by atoms with Crippen molar-refractivity contribution in [2.24, 2.45) is 0 Å². The molecule has 1 aliphatic heterocycles. The Morgan fingerprint density at radius 2 is 2.09 bits per heavy atom. The fourth-order valence-electron chi connectivity index (χ4n) is 2.74. The number of rotatable bonds is 3. The highest BCUT2D eigenvalue weighted by Crippen LogP contribution is 2.31. The minimum Gasteiger partial charge on any atom is -0.493 e. The van der Waals surface area contributed by atoms with E-state index in [1.807, 2.05) is 24.3 Å². The summed E-state index contributed by atoms with van der Waals surface area (Å²) < 4.78 is 5.58. The predicted molar refractivity (Wildman–Crippen MR) is 84.6 cm³/mol. The highest BCUT2D eigenvalue weighted by atomic mass is 16.6. The van der Waals surface area contributed by atoms with Gasteiger partial charge in [-0.3, -0.25) is 14.9 Å². The number of amides is 1. The van der Waals surface area contributed by atoms with Crippen molar-refractivity contribution in [2.75, 3.05) is 6.61 Å². The van der Waals surface area contributed by atoms with Crippen LogP contribution in [0.3, 0.4) is 0 Å². The van der Waals surface area contributed by atoms with Crippen molar-refractivity contribution in [3.05, 3.63) is 69.3 Å². The molecule has 1 atom stereocenters. The van der Waals surface area contributed by atoms with E-state index < -0.39 is 4.92 Å². The van der Waals surface area contributed by atoms with Crippen molar-refractivity contribution in [3.8, 4) is 5.75 Å². The normalized spacial score (nSPS) is 16.1. The Labute approximate surface area is 133 Å². The van der Waals surface area contributed by atoms with Gasteiger partial charge >= 0.3 is 0 Å². The molecule has 0 unspecified atom stereocenters. The third-order valence-corrected chi connectivity index (χ3v) is 3.92. The lowest BCUT2D eigenvalue weighted by Gasteiger charge is -2.26. The lowest BCUT2D eigenvalue weighted by Crippen LogP contribution is -2.32. The predicted octanol–water partition coefficient (Wildman–Crippen LogP) is 3.16. The molecule has 118 valence electrons. The van der Waals surface area contributed by atoms with Gasteiger partial charge in [0.15, 0.2) is 0 Å². The van der Waals surface area contributed by atoms with Gasteiger partial charge in [-0.05, 0) is 25.1 Å². The zero-order valence-corrected chi connectivity index (χ0v) is 12.6. The van der Waals surface area contributed by atoms with Crippen molar-refractivity contribution in [2.45, 2.75) is 19.4 Å². The van der Waals surface area contributed by atoms with Crippen molar-refractivity contribution in [3.63, 3.8) is 0 Å². The molecule has 0 aliphatic carbocycles. The molecule has 0 saturated carbocycles. The number of nitro benzene ring substituents is 1. The number of hydrogen-bond donors (Lipinski definition) is 1. The van der Waals surface area contributed by atoms with E-state index in [0.29, 0.717) is 24.2 Å². The van der Waals surface area contributed by atoms with Crippen LogP contribution in [0, 0.1) is 17.0 Å². The number of carbonyl (C=O) groups excluding carboxylic acids is 1. The summed E-state index contributed by atoms with van der Waals surface area (Å²) in [5.41, 5.74) is 1.84. The fraction of sp³-hybridized carbons (Fsp3) is 0.235. The first-order valence-corrected chi connectivity index (χ1v) is 7.34. The number of para-hydroxylation sites is 1. The molecule has 0 aromatic heterocycles. The first kappa shape index (κ1) is 15.0. The van der Waals surface area contributed by atoms with E-state index in [2.05, 4.69) is 5.32 Å².